The van der Waals surface area contributed by atoms with Gasteiger partial charge in [0.05, 0.1) is 31.7 Å². The summed E-state index contributed by atoms with van der Waals surface area (Å²) >= 11 is 0. The van der Waals surface area contributed by atoms with Crippen LogP contribution in [-0.2, 0) is 0 Å². The van der Waals surface area contributed by atoms with Gasteiger partial charge in [-0.2, -0.15) is 5.10 Å². The van der Waals surface area contributed by atoms with Gasteiger partial charge < -0.3 is 9.47 Å². The predicted molar refractivity (Wildman–Crippen MR) is 109 cm³/mol. The Morgan fingerprint density at radius 3 is 2.07 bits per heavy atom. The molecule has 28 heavy (non-hydrogen) atoms. The average Bonchev–Trinajstić information content (AvgIpc) is 3.19. The molecule has 0 radical (unpaired) electrons. The van der Waals surface area contributed by atoms with Gasteiger partial charge in [0.1, 0.15) is 17.3 Å². The normalized spacial score (nSPS) is 16.0. The summed E-state index contributed by atoms with van der Waals surface area (Å²) in [6.07, 6.45) is 0.674. The molecular weight excluding hydrogens is 355 g/mol. The zero-order chi connectivity index (χ0) is 19.5. The molecule has 3 aromatic rings. The van der Waals surface area contributed by atoms with Crippen LogP contribution in [0.15, 0.2) is 77.9 Å². The summed E-state index contributed by atoms with van der Waals surface area (Å²) in [5, 5.41) is 6.56. The first-order valence-electron chi connectivity index (χ1n) is 9.09. The molecule has 0 N–H and O–H groups in total. The van der Waals surface area contributed by atoms with Crippen molar-refractivity contribution >= 4 is 11.4 Å². The topological polar surface area (TPSA) is 34.1 Å². The lowest BCUT2D eigenvalue weighted by atomic mass is 9.98. The summed E-state index contributed by atoms with van der Waals surface area (Å²) in [7, 11) is 3.28. The minimum atomic E-state index is -0.291. The van der Waals surface area contributed by atoms with Gasteiger partial charge >= 0.3 is 0 Å². The standard InChI is InChI=1S/C23H21FN2O2/c1-27-18-11-7-16(8-12-18)21-15-23(17-9-13-19(28-2)14-10-17)26(25-21)22-6-4-3-5-20(22)24/h3-14,23H,15H2,1-2H3/t23-/m0/s1. The molecule has 142 valence electrons. The molecule has 0 fully saturated rings. The fourth-order valence-electron chi connectivity index (χ4n) is 3.41. The van der Waals surface area contributed by atoms with Crippen LogP contribution in [0, 0.1) is 5.82 Å². The Kier molecular flexibility index (Phi) is 4.98. The highest BCUT2D eigenvalue weighted by atomic mass is 19.1. The fraction of sp³-hybridized carbons (Fsp3) is 0.174. The molecule has 0 unspecified atom stereocenters. The zero-order valence-electron chi connectivity index (χ0n) is 15.8. The Morgan fingerprint density at radius 2 is 1.46 bits per heavy atom. The van der Waals surface area contributed by atoms with E-state index in [4.69, 9.17) is 14.6 Å². The number of hydrogen-bond donors (Lipinski definition) is 0. The van der Waals surface area contributed by atoms with Gasteiger partial charge in [-0.15, -0.1) is 0 Å². The van der Waals surface area contributed by atoms with E-state index in [9.17, 15) is 4.39 Å². The smallest absolute Gasteiger partial charge is 0.148 e. The lowest BCUT2D eigenvalue weighted by Crippen LogP contribution is -2.19. The second kappa shape index (κ2) is 7.72. The Balaban J connectivity index is 1.73. The third kappa shape index (κ3) is 3.43. The van der Waals surface area contributed by atoms with Gasteiger partial charge in [-0.25, -0.2) is 4.39 Å². The largest absolute Gasteiger partial charge is 0.497 e. The molecule has 0 saturated heterocycles. The molecule has 0 aromatic heterocycles. The summed E-state index contributed by atoms with van der Waals surface area (Å²) in [6, 6.07) is 22.2. The molecule has 4 rings (SSSR count). The van der Waals surface area contributed by atoms with Crippen molar-refractivity contribution in [1.29, 1.82) is 0 Å². The van der Waals surface area contributed by atoms with E-state index in [2.05, 4.69) is 0 Å². The van der Waals surface area contributed by atoms with E-state index >= 15 is 0 Å². The minimum absolute atomic E-state index is 0.0973. The van der Waals surface area contributed by atoms with E-state index in [1.807, 2.05) is 54.6 Å². The van der Waals surface area contributed by atoms with E-state index in [0.717, 1.165) is 28.3 Å². The number of anilines is 1. The number of halogens is 1. The highest BCUT2D eigenvalue weighted by Gasteiger charge is 2.31. The zero-order valence-corrected chi connectivity index (χ0v) is 15.8. The number of hydrogen-bond acceptors (Lipinski definition) is 4. The fourth-order valence-corrected chi connectivity index (χ4v) is 3.41. The van der Waals surface area contributed by atoms with Crippen molar-refractivity contribution in [3.8, 4) is 11.5 Å². The lowest BCUT2D eigenvalue weighted by Gasteiger charge is -2.24. The third-order valence-corrected chi connectivity index (χ3v) is 4.93. The number of nitrogens with zero attached hydrogens (tertiary/aromatic N) is 2. The highest BCUT2D eigenvalue weighted by molar-refractivity contribution is 6.03. The highest BCUT2D eigenvalue weighted by Crippen LogP contribution is 2.38. The Labute approximate surface area is 163 Å². The first-order chi connectivity index (χ1) is 13.7. The van der Waals surface area contributed by atoms with Crippen LogP contribution in [0.25, 0.3) is 0 Å². The molecule has 0 saturated carbocycles. The van der Waals surface area contributed by atoms with Crippen molar-refractivity contribution < 1.29 is 13.9 Å². The number of benzene rings is 3. The van der Waals surface area contributed by atoms with E-state index in [1.165, 1.54) is 6.07 Å². The third-order valence-electron chi connectivity index (χ3n) is 4.93. The van der Waals surface area contributed by atoms with Gasteiger partial charge in [0.15, 0.2) is 0 Å². The first kappa shape index (κ1) is 18.0. The van der Waals surface area contributed by atoms with E-state index < -0.39 is 0 Å². The molecule has 1 aliphatic heterocycles. The minimum Gasteiger partial charge on any atom is -0.497 e. The number of ether oxygens (including phenoxy) is 2. The molecule has 1 atom stereocenters. The molecule has 3 aromatic carbocycles. The van der Waals surface area contributed by atoms with Crippen LogP contribution in [-0.4, -0.2) is 19.9 Å². The summed E-state index contributed by atoms with van der Waals surface area (Å²) in [6.45, 7) is 0. The number of hydrazone groups is 1. The van der Waals surface area contributed by atoms with Crippen LogP contribution < -0.4 is 14.5 Å². The van der Waals surface area contributed by atoms with Crippen LogP contribution in [0.4, 0.5) is 10.1 Å². The Hall–Kier alpha value is -3.34. The van der Waals surface area contributed by atoms with Crippen molar-refractivity contribution in [2.45, 2.75) is 12.5 Å². The quantitative estimate of drug-likeness (QED) is 0.614. The van der Waals surface area contributed by atoms with Gasteiger partial charge in [0.25, 0.3) is 0 Å². The van der Waals surface area contributed by atoms with Crippen molar-refractivity contribution in [3.63, 3.8) is 0 Å². The summed E-state index contributed by atoms with van der Waals surface area (Å²) in [5.41, 5.74) is 3.42. The van der Waals surface area contributed by atoms with Gasteiger partial charge in [0, 0.05) is 6.42 Å². The molecule has 4 nitrogen and oxygen atoms in total. The summed E-state index contributed by atoms with van der Waals surface area (Å²) in [4.78, 5) is 0. The molecule has 1 aliphatic rings. The van der Waals surface area contributed by atoms with Crippen LogP contribution in [0.1, 0.15) is 23.6 Å². The van der Waals surface area contributed by atoms with Gasteiger partial charge in [-0.1, -0.05) is 24.3 Å². The van der Waals surface area contributed by atoms with Gasteiger partial charge in [-0.3, -0.25) is 5.01 Å². The molecule has 1 heterocycles. The van der Waals surface area contributed by atoms with Crippen LogP contribution >= 0.6 is 0 Å². The summed E-state index contributed by atoms with van der Waals surface area (Å²) in [5.74, 6) is 1.29. The second-order valence-corrected chi connectivity index (χ2v) is 6.56. The van der Waals surface area contributed by atoms with Crippen molar-refractivity contribution in [2.24, 2.45) is 5.10 Å². The molecule has 0 bridgehead atoms. The molecule has 0 aliphatic carbocycles. The monoisotopic (exact) mass is 376 g/mol. The maximum atomic E-state index is 14.5. The number of rotatable bonds is 5. The van der Waals surface area contributed by atoms with Gasteiger partial charge in [0.2, 0.25) is 0 Å². The second-order valence-electron chi connectivity index (χ2n) is 6.56. The average molecular weight is 376 g/mol. The van der Waals surface area contributed by atoms with Crippen molar-refractivity contribution in [3.05, 3.63) is 89.7 Å². The molecular formula is C23H21FN2O2. The van der Waals surface area contributed by atoms with Crippen molar-refractivity contribution in [1.82, 2.24) is 0 Å². The van der Waals surface area contributed by atoms with Crippen LogP contribution in [0.5, 0.6) is 11.5 Å². The van der Waals surface area contributed by atoms with E-state index in [1.54, 1.807) is 31.4 Å². The molecule has 5 heteroatoms. The predicted octanol–water partition coefficient (Wildman–Crippen LogP) is 5.20. The summed E-state index contributed by atoms with van der Waals surface area (Å²) < 4.78 is 25.0. The molecule has 0 spiro atoms. The SMILES string of the molecule is COc1ccc(C2=NN(c3ccccc3F)[C@H](c3ccc(OC)cc3)C2)cc1. The number of para-hydroxylation sites is 1. The van der Waals surface area contributed by atoms with Crippen molar-refractivity contribution in [2.75, 3.05) is 19.2 Å². The van der Waals surface area contributed by atoms with Gasteiger partial charge in [-0.05, 0) is 59.7 Å². The van der Waals surface area contributed by atoms with E-state index in [0.29, 0.717) is 12.1 Å². The van der Waals surface area contributed by atoms with E-state index in [-0.39, 0.29) is 11.9 Å². The lowest BCUT2D eigenvalue weighted by molar-refractivity contribution is 0.414. The van der Waals surface area contributed by atoms with Crippen LogP contribution in [0.2, 0.25) is 0 Å². The maximum absolute atomic E-state index is 14.5. The number of methoxy groups -OCH3 is 2. The first-order valence-corrected chi connectivity index (χ1v) is 9.09. The maximum Gasteiger partial charge on any atom is 0.148 e. The van der Waals surface area contributed by atoms with Crippen LogP contribution in [0.3, 0.4) is 0 Å². The Bertz CT molecular complexity index is 984. The molecule has 0 amide bonds. The Morgan fingerprint density at radius 1 is 0.857 bits per heavy atom.